The van der Waals surface area contributed by atoms with Gasteiger partial charge in [-0.1, -0.05) is 26.8 Å². The van der Waals surface area contributed by atoms with Crippen LogP contribution in [0.1, 0.15) is 26.3 Å². The van der Waals surface area contributed by atoms with Gasteiger partial charge < -0.3 is 10.2 Å². The van der Waals surface area contributed by atoms with E-state index in [-0.39, 0.29) is 5.04 Å². The number of anilines is 1. The standard InChI is InChI=1S/C14H23N3OSi/c1-14(2,3)19(4,5)18-9-10-6-7-12-11(8-10)13(15)17-16-12/h6-8H,9H2,1-5H3,(H3,15,16,17). The highest BCUT2D eigenvalue weighted by atomic mass is 28.4. The molecule has 0 fully saturated rings. The molecule has 2 aromatic rings. The van der Waals surface area contributed by atoms with E-state index in [1.165, 1.54) is 0 Å². The lowest BCUT2D eigenvalue weighted by atomic mass is 10.1. The molecule has 0 aliphatic heterocycles. The van der Waals surface area contributed by atoms with Crippen molar-refractivity contribution in [3.05, 3.63) is 23.8 Å². The molecule has 0 aliphatic rings. The van der Waals surface area contributed by atoms with Crippen LogP contribution in [0.15, 0.2) is 18.2 Å². The highest BCUT2D eigenvalue weighted by Crippen LogP contribution is 2.37. The summed E-state index contributed by atoms with van der Waals surface area (Å²) in [4.78, 5) is 0. The third-order valence-electron chi connectivity index (χ3n) is 4.06. The Morgan fingerprint density at radius 2 is 2.00 bits per heavy atom. The summed E-state index contributed by atoms with van der Waals surface area (Å²) in [6, 6.07) is 6.12. The normalized spacial score (nSPS) is 13.1. The fraction of sp³-hybridized carbons (Fsp3) is 0.500. The number of aromatic nitrogens is 2. The fourth-order valence-electron chi connectivity index (χ4n) is 1.65. The van der Waals surface area contributed by atoms with Crippen LogP contribution in [0.4, 0.5) is 5.82 Å². The van der Waals surface area contributed by atoms with Crippen LogP contribution in [-0.4, -0.2) is 18.5 Å². The minimum Gasteiger partial charge on any atom is -0.413 e. The molecule has 3 N–H and O–H groups in total. The maximum atomic E-state index is 6.21. The van der Waals surface area contributed by atoms with Crippen LogP contribution in [0.3, 0.4) is 0 Å². The van der Waals surface area contributed by atoms with E-state index >= 15 is 0 Å². The predicted octanol–water partition coefficient (Wildman–Crippen LogP) is 3.67. The van der Waals surface area contributed by atoms with Crippen LogP contribution >= 0.6 is 0 Å². The fourth-order valence-corrected chi connectivity index (χ4v) is 2.61. The Balaban J connectivity index is 2.16. The first-order valence-electron chi connectivity index (χ1n) is 6.57. The molecule has 1 heterocycles. The molecule has 0 saturated heterocycles. The quantitative estimate of drug-likeness (QED) is 0.841. The molecule has 0 aliphatic carbocycles. The van der Waals surface area contributed by atoms with Crippen molar-refractivity contribution >= 4 is 25.0 Å². The third kappa shape index (κ3) is 2.82. The van der Waals surface area contributed by atoms with Crippen LogP contribution in [0.25, 0.3) is 10.9 Å². The van der Waals surface area contributed by atoms with Crippen LogP contribution in [0.2, 0.25) is 18.1 Å². The van der Waals surface area contributed by atoms with Gasteiger partial charge in [0.1, 0.15) is 0 Å². The Hall–Kier alpha value is -1.33. The molecule has 19 heavy (non-hydrogen) atoms. The molecular formula is C14H23N3OSi. The SMILES string of the molecule is CC(C)(C)[Si](C)(C)OCc1ccc2[nH]nc(N)c2c1. The second-order valence-electron chi connectivity index (χ2n) is 6.54. The molecule has 2 rings (SSSR count). The van der Waals surface area contributed by atoms with E-state index < -0.39 is 8.32 Å². The Morgan fingerprint density at radius 1 is 1.32 bits per heavy atom. The molecule has 1 aromatic carbocycles. The minimum atomic E-state index is -1.71. The summed E-state index contributed by atoms with van der Waals surface area (Å²) in [5.74, 6) is 0.546. The van der Waals surface area contributed by atoms with Gasteiger partial charge in [0.25, 0.3) is 0 Å². The lowest BCUT2D eigenvalue weighted by molar-refractivity contribution is 0.276. The van der Waals surface area contributed by atoms with E-state index in [0.717, 1.165) is 16.5 Å². The summed E-state index contributed by atoms with van der Waals surface area (Å²) in [7, 11) is -1.71. The zero-order valence-electron chi connectivity index (χ0n) is 12.4. The van der Waals surface area contributed by atoms with E-state index in [0.29, 0.717) is 12.4 Å². The van der Waals surface area contributed by atoms with E-state index in [9.17, 15) is 0 Å². The Kier molecular flexibility index (Phi) is 3.45. The number of nitrogens with one attached hydrogen (secondary N) is 1. The van der Waals surface area contributed by atoms with Gasteiger partial charge in [0.2, 0.25) is 0 Å². The number of hydrogen-bond acceptors (Lipinski definition) is 3. The van der Waals surface area contributed by atoms with Gasteiger partial charge >= 0.3 is 0 Å². The maximum Gasteiger partial charge on any atom is 0.192 e. The van der Waals surface area contributed by atoms with Crippen molar-refractivity contribution in [3.8, 4) is 0 Å². The second-order valence-corrected chi connectivity index (χ2v) is 11.3. The molecule has 0 spiro atoms. The molecule has 0 radical (unpaired) electrons. The van der Waals surface area contributed by atoms with Gasteiger partial charge in [0, 0.05) is 5.39 Å². The van der Waals surface area contributed by atoms with Crippen molar-refractivity contribution in [1.82, 2.24) is 10.2 Å². The van der Waals surface area contributed by atoms with Crippen LogP contribution in [-0.2, 0) is 11.0 Å². The zero-order valence-corrected chi connectivity index (χ0v) is 13.4. The molecule has 5 heteroatoms. The number of nitrogen functional groups attached to an aromatic ring is 1. The molecule has 4 nitrogen and oxygen atoms in total. The van der Waals surface area contributed by atoms with Crippen molar-refractivity contribution in [1.29, 1.82) is 0 Å². The third-order valence-corrected chi connectivity index (χ3v) is 8.54. The summed E-state index contributed by atoms with van der Waals surface area (Å²) < 4.78 is 6.21. The number of H-pyrrole nitrogens is 1. The average Bonchev–Trinajstić information content (AvgIpc) is 2.67. The average molecular weight is 277 g/mol. The van der Waals surface area contributed by atoms with Gasteiger partial charge in [0.15, 0.2) is 14.1 Å². The Morgan fingerprint density at radius 3 is 2.63 bits per heavy atom. The summed E-state index contributed by atoms with van der Waals surface area (Å²) in [5.41, 5.74) is 7.93. The molecule has 0 atom stereocenters. The Labute approximate surface area is 115 Å². The van der Waals surface area contributed by atoms with Gasteiger partial charge in [-0.15, -0.1) is 0 Å². The number of nitrogens with zero attached hydrogens (tertiary/aromatic N) is 1. The number of fused-ring (bicyclic) bond motifs is 1. The number of hydrogen-bond donors (Lipinski definition) is 2. The van der Waals surface area contributed by atoms with Gasteiger partial charge in [0.05, 0.1) is 12.1 Å². The van der Waals surface area contributed by atoms with E-state index in [1.807, 2.05) is 6.07 Å². The smallest absolute Gasteiger partial charge is 0.192 e. The van der Waals surface area contributed by atoms with Crippen LogP contribution in [0.5, 0.6) is 0 Å². The lowest BCUT2D eigenvalue weighted by Gasteiger charge is -2.36. The molecule has 0 unspecified atom stereocenters. The van der Waals surface area contributed by atoms with E-state index in [2.05, 4.69) is 56.2 Å². The number of benzene rings is 1. The second kappa shape index (κ2) is 4.65. The van der Waals surface area contributed by atoms with Crippen molar-refractivity contribution in [2.45, 2.75) is 45.5 Å². The highest BCUT2D eigenvalue weighted by molar-refractivity contribution is 6.74. The minimum absolute atomic E-state index is 0.228. The summed E-state index contributed by atoms with van der Waals surface area (Å²) in [6.45, 7) is 11.9. The number of rotatable bonds is 3. The van der Waals surface area contributed by atoms with Crippen molar-refractivity contribution in [2.75, 3.05) is 5.73 Å². The van der Waals surface area contributed by atoms with Crippen molar-refractivity contribution < 1.29 is 4.43 Å². The molecule has 1 aromatic heterocycles. The number of aromatic amines is 1. The van der Waals surface area contributed by atoms with Gasteiger partial charge in [-0.3, -0.25) is 5.10 Å². The molecule has 0 saturated carbocycles. The zero-order chi connectivity index (χ0) is 14.3. The topological polar surface area (TPSA) is 63.9 Å². The van der Waals surface area contributed by atoms with Crippen molar-refractivity contribution in [3.63, 3.8) is 0 Å². The summed E-state index contributed by atoms with van der Waals surface area (Å²) in [5, 5.41) is 8.11. The van der Waals surface area contributed by atoms with Gasteiger partial charge in [-0.05, 0) is 35.8 Å². The first kappa shape index (κ1) is 14.1. The Bertz CT molecular complexity index is 584. The van der Waals surface area contributed by atoms with Gasteiger partial charge in [-0.2, -0.15) is 5.10 Å². The molecule has 104 valence electrons. The molecule has 0 bridgehead atoms. The lowest BCUT2D eigenvalue weighted by Crippen LogP contribution is -2.40. The van der Waals surface area contributed by atoms with Crippen LogP contribution < -0.4 is 5.73 Å². The van der Waals surface area contributed by atoms with Gasteiger partial charge in [-0.25, -0.2) is 0 Å². The molecule has 0 amide bonds. The number of nitrogens with two attached hydrogens (primary N) is 1. The predicted molar refractivity (Wildman–Crippen MR) is 82.5 cm³/mol. The largest absolute Gasteiger partial charge is 0.413 e. The van der Waals surface area contributed by atoms with Crippen molar-refractivity contribution in [2.24, 2.45) is 0 Å². The van der Waals surface area contributed by atoms with E-state index in [1.54, 1.807) is 0 Å². The van der Waals surface area contributed by atoms with E-state index in [4.69, 9.17) is 10.2 Å². The van der Waals surface area contributed by atoms with Crippen LogP contribution in [0, 0.1) is 0 Å². The summed E-state index contributed by atoms with van der Waals surface area (Å²) in [6.07, 6.45) is 0. The highest BCUT2D eigenvalue weighted by Gasteiger charge is 2.36. The molecular weight excluding hydrogens is 254 g/mol. The first-order chi connectivity index (χ1) is 8.71. The first-order valence-corrected chi connectivity index (χ1v) is 9.48. The maximum absolute atomic E-state index is 6.21. The monoisotopic (exact) mass is 277 g/mol. The summed E-state index contributed by atoms with van der Waals surface area (Å²) >= 11 is 0.